The predicted octanol–water partition coefficient (Wildman–Crippen LogP) is 10.7. The summed E-state index contributed by atoms with van der Waals surface area (Å²) in [6.07, 6.45) is 2.90. The molecule has 0 spiro atoms. The molecule has 4 aromatic carbocycles. The predicted molar refractivity (Wildman–Crippen MR) is 192 cm³/mol. The van der Waals surface area contributed by atoms with E-state index in [-0.39, 0.29) is 27.0 Å². The van der Waals surface area contributed by atoms with Gasteiger partial charge in [0.1, 0.15) is 5.82 Å². The van der Waals surface area contributed by atoms with Gasteiger partial charge in [-0.15, -0.1) is 41.3 Å². The Morgan fingerprint density at radius 2 is 1.58 bits per heavy atom. The van der Waals surface area contributed by atoms with Gasteiger partial charge >= 0.3 is 21.1 Å². The average molecular weight is 812 g/mol. The van der Waals surface area contributed by atoms with Crippen molar-refractivity contribution in [2.45, 2.75) is 60.8 Å². The number of fused-ring (bicyclic) bond motifs is 3. The summed E-state index contributed by atoms with van der Waals surface area (Å²) in [6, 6.07) is 36.9. The second-order valence-corrected chi connectivity index (χ2v) is 13.3. The van der Waals surface area contributed by atoms with E-state index in [1.54, 1.807) is 0 Å². The van der Waals surface area contributed by atoms with Crippen molar-refractivity contribution in [2.24, 2.45) is 5.92 Å². The van der Waals surface area contributed by atoms with Gasteiger partial charge in [0.2, 0.25) is 0 Å². The molecule has 0 fully saturated rings. The zero-order valence-corrected chi connectivity index (χ0v) is 30.8. The van der Waals surface area contributed by atoms with E-state index in [2.05, 4.69) is 132 Å². The van der Waals surface area contributed by atoms with Crippen molar-refractivity contribution >= 4 is 21.8 Å². The van der Waals surface area contributed by atoms with Crippen LogP contribution in [0, 0.1) is 38.8 Å². The molecule has 0 atom stereocenters. The summed E-state index contributed by atoms with van der Waals surface area (Å²) in [6.45, 7) is 15.2. The molecule has 0 amide bonds. The molecule has 0 N–H and O–H groups in total. The third kappa shape index (κ3) is 6.36. The molecule has 0 aliphatic heterocycles. The molecule has 7 rings (SSSR count). The Labute approximate surface area is 297 Å². The number of aryl methyl sites for hydroxylation is 2. The smallest absolute Gasteiger partial charge is 0.509 e. The van der Waals surface area contributed by atoms with Crippen molar-refractivity contribution in [1.82, 2.24) is 19.3 Å². The van der Waals surface area contributed by atoms with E-state index in [4.69, 9.17) is 14.8 Å². The van der Waals surface area contributed by atoms with Gasteiger partial charge in [-0.25, -0.2) is 4.98 Å². The van der Waals surface area contributed by atoms with Crippen molar-refractivity contribution in [1.29, 1.82) is 0 Å². The normalized spacial score (nSPS) is 11.5. The van der Waals surface area contributed by atoms with Gasteiger partial charge < -0.3 is 9.30 Å². The van der Waals surface area contributed by atoms with E-state index in [0.29, 0.717) is 17.4 Å². The van der Waals surface area contributed by atoms with Gasteiger partial charge in [0.15, 0.2) is 0 Å². The monoisotopic (exact) mass is 811 g/mol. The van der Waals surface area contributed by atoms with E-state index in [9.17, 15) is 0 Å². The van der Waals surface area contributed by atoms with Crippen LogP contribution in [-0.4, -0.2) is 19.3 Å². The van der Waals surface area contributed by atoms with Crippen LogP contribution < -0.4 is 4.74 Å². The molecule has 6 heteroatoms. The number of rotatable bonds is 8. The fourth-order valence-electron chi connectivity index (χ4n) is 6.58. The van der Waals surface area contributed by atoms with Crippen molar-refractivity contribution < 1.29 is 25.8 Å². The maximum absolute atomic E-state index is 6.60. The van der Waals surface area contributed by atoms with E-state index < -0.39 is 0 Å². The minimum absolute atomic E-state index is 0. The Morgan fingerprint density at radius 3 is 2.31 bits per heavy atom. The summed E-state index contributed by atoms with van der Waals surface area (Å²) in [5.41, 5.74) is 10.9. The van der Waals surface area contributed by atoms with Crippen LogP contribution in [-0.2, 0) is 27.5 Å². The van der Waals surface area contributed by atoms with Gasteiger partial charge in [0.25, 0.3) is 0 Å². The van der Waals surface area contributed by atoms with Crippen LogP contribution >= 0.6 is 0 Å². The van der Waals surface area contributed by atoms with Crippen LogP contribution in [0.4, 0.5) is 0 Å². The van der Waals surface area contributed by atoms with Gasteiger partial charge in [0, 0.05) is 34.5 Å². The molecular weight excluding hydrogens is 772 g/mol. The fourth-order valence-corrected chi connectivity index (χ4v) is 6.58. The molecule has 3 heterocycles. The largest absolute Gasteiger partial charge is 2.00 e. The Kier molecular flexibility index (Phi) is 9.45. The standard InChI is InChI=1S/C42H40N4O.Pt/c1-26(2)19-31-13-16-39-38(21-31)37-15-14-35(25-40(37)45(39)41-20-28(5)17-18-43-41)47-36-23-33(27(3)4)22-34(24-36)46-30(7)42(29(6)44-46)32-11-9-8-10-12-32;/h8-18,20-23,26-27H,19H2,1-7H3;/q-2;+2. The Balaban J connectivity index is 0.00000401. The quantitative estimate of drug-likeness (QED) is 0.144. The molecular formula is C42H40N4OPt. The molecule has 0 saturated carbocycles. The third-order valence-corrected chi connectivity index (χ3v) is 8.81. The molecule has 48 heavy (non-hydrogen) atoms. The summed E-state index contributed by atoms with van der Waals surface area (Å²) in [4.78, 5) is 4.77. The van der Waals surface area contributed by atoms with E-state index in [1.807, 2.05) is 29.1 Å². The van der Waals surface area contributed by atoms with Crippen molar-refractivity contribution in [3.8, 4) is 34.1 Å². The molecule has 3 aromatic heterocycles. The van der Waals surface area contributed by atoms with Gasteiger partial charge in [0.05, 0.1) is 5.69 Å². The van der Waals surface area contributed by atoms with Gasteiger partial charge in [-0.2, -0.15) is 11.2 Å². The first kappa shape index (κ1) is 33.4. The fraction of sp³-hybridized carbons (Fsp3) is 0.238. The van der Waals surface area contributed by atoms with Crippen LogP contribution in [0.15, 0.2) is 91.1 Å². The Hall–Kier alpha value is -4.47. The van der Waals surface area contributed by atoms with Crippen molar-refractivity contribution in [3.63, 3.8) is 0 Å². The summed E-state index contributed by atoms with van der Waals surface area (Å²) in [7, 11) is 0. The number of hydrogen-bond donors (Lipinski definition) is 0. The van der Waals surface area contributed by atoms with Gasteiger partial charge in [-0.3, -0.25) is 4.68 Å². The second-order valence-electron chi connectivity index (χ2n) is 13.3. The number of aromatic nitrogens is 4. The van der Waals surface area contributed by atoms with Crippen molar-refractivity contribution in [2.75, 3.05) is 0 Å². The summed E-state index contributed by atoms with van der Waals surface area (Å²) in [5, 5.41) is 7.28. The first-order chi connectivity index (χ1) is 22.7. The summed E-state index contributed by atoms with van der Waals surface area (Å²) < 4.78 is 10.8. The maximum Gasteiger partial charge on any atom is 2.00 e. The van der Waals surface area contributed by atoms with E-state index in [1.165, 1.54) is 10.9 Å². The molecule has 244 valence electrons. The zero-order chi connectivity index (χ0) is 32.8. The molecule has 0 bridgehead atoms. The van der Waals surface area contributed by atoms with E-state index in [0.717, 1.165) is 68.0 Å². The molecule has 7 aromatic rings. The van der Waals surface area contributed by atoms with E-state index >= 15 is 0 Å². The SMILES string of the molecule is Cc1ccnc(-n2c3[c-]c(Oc4[c-]c(-n5nc(C)c(-c6ccccc6)c5C)cc(C(C)C)c4)ccc3c3cc(CC(C)C)ccc32)c1.[Pt+2]. The number of nitrogens with zero attached hydrogens (tertiary/aromatic N) is 4. The van der Waals surface area contributed by atoms with Crippen LogP contribution in [0.2, 0.25) is 0 Å². The summed E-state index contributed by atoms with van der Waals surface area (Å²) in [5.74, 6) is 2.99. The topological polar surface area (TPSA) is 44.9 Å². The maximum atomic E-state index is 6.60. The minimum atomic E-state index is 0. The average Bonchev–Trinajstić information content (AvgIpc) is 3.53. The Bertz CT molecular complexity index is 2240. The molecule has 0 saturated heterocycles. The third-order valence-electron chi connectivity index (χ3n) is 8.81. The van der Waals surface area contributed by atoms with Crippen LogP contribution in [0.5, 0.6) is 11.5 Å². The zero-order valence-electron chi connectivity index (χ0n) is 28.5. The number of benzene rings is 4. The molecule has 0 unspecified atom stereocenters. The van der Waals surface area contributed by atoms with Crippen molar-refractivity contribution in [3.05, 3.63) is 131 Å². The molecule has 0 aliphatic rings. The molecule has 5 nitrogen and oxygen atoms in total. The van der Waals surface area contributed by atoms with Crippen LogP contribution in [0.25, 0.3) is 44.4 Å². The first-order valence-corrected chi connectivity index (χ1v) is 16.5. The van der Waals surface area contributed by atoms with Crippen LogP contribution in [0.1, 0.15) is 61.7 Å². The second kappa shape index (κ2) is 13.6. The van der Waals surface area contributed by atoms with Gasteiger partial charge in [-0.1, -0.05) is 75.7 Å². The minimum Gasteiger partial charge on any atom is -0.509 e. The number of pyridine rings is 1. The first-order valence-electron chi connectivity index (χ1n) is 16.5. The summed E-state index contributed by atoms with van der Waals surface area (Å²) >= 11 is 0. The number of ether oxygens (including phenoxy) is 1. The molecule has 0 radical (unpaired) electrons. The Morgan fingerprint density at radius 1 is 0.792 bits per heavy atom. The van der Waals surface area contributed by atoms with Gasteiger partial charge in [-0.05, 0) is 85.0 Å². The van der Waals surface area contributed by atoms with Crippen LogP contribution in [0.3, 0.4) is 0 Å². The number of hydrogen-bond acceptors (Lipinski definition) is 3. The molecule has 0 aliphatic carbocycles.